The van der Waals surface area contributed by atoms with Gasteiger partial charge in [0.1, 0.15) is 10.1 Å². The van der Waals surface area contributed by atoms with Crippen LogP contribution in [0.25, 0.3) is 0 Å². The van der Waals surface area contributed by atoms with Crippen LogP contribution < -0.4 is 4.74 Å². The van der Waals surface area contributed by atoms with E-state index in [0.29, 0.717) is 12.3 Å². The fourth-order valence-corrected chi connectivity index (χ4v) is 1.83. The Kier molecular flexibility index (Phi) is 6.04. The number of hydrogen-bond acceptors (Lipinski definition) is 4. The molecule has 0 aliphatic carbocycles. The van der Waals surface area contributed by atoms with E-state index >= 15 is 0 Å². The molecule has 0 aliphatic rings. The quantitative estimate of drug-likeness (QED) is 0.334. The second kappa shape index (κ2) is 8.02. The first-order valence-electron chi connectivity index (χ1n) is 7.36. The molecule has 4 nitrogen and oxygen atoms in total. The van der Waals surface area contributed by atoms with Crippen molar-refractivity contribution in [3.8, 4) is 5.75 Å². The van der Waals surface area contributed by atoms with E-state index in [1.54, 1.807) is 32.2 Å². The lowest BCUT2D eigenvalue weighted by atomic mass is 10.2. The van der Waals surface area contributed by atoms with Crippen LogP contribution in [0, 0.1) is 0 Å². The van der Waals surface area contributed by atoms with Crippen molar-refractivity contribution in [2.75, 3.05) is 6.54 Å². The maximum atomic E-state index is 11.8. The van der Waals surface area contributed by atoms with E-state index in [4.69, 9.17) is 4.74 Å². The number of alkyl halides is 1. The molecule has 1 heterocycles. The number of benzene rings is 1. The summed E-state index contributed by atoms with van der Waals surface area (Å²) >= 11 is 3.28. The Morgan fingerprint density at radius 3 is 2.61 bits per heavy atom. The summed E-state index contributed by atoms with van der Waals surface area (Å²) in [4.78, 5) is 20.4. The number of aromatic nitrogens is 1. The van der Waals surface area contributed by atoms with Crippen LogP contribution in [0.4, 0.5) is 0 Å². The highest BCUT2D eigenvalue weighted by Gasteiger charge is 2.25. The van der Waals surface area contributed by atoms with Crippen molar-refractivity contribution in [2.24, 2.45) is 4.99 Å². The molecule has 0 aliphatic heterocycles. The largest absolute Gasteiger partial charge is 0.426 e. The molecule has 2 aromatic rings. The SMILES string of the molecule is CC(C)(Br)C(=O)Oc1ccc(/C=N\CCc2ccccn2)cc1. The van der Waals surface area contributed by atoms with Crippen molar-refractivity contribution in [3.63, 3.8) is 0 Å². The van der Waals surface area contributed by atoms with Gasteiger partial charge in [-0.05, 0) is 55.8 Å². The molecule has 0 radical (unpaired) electrons. The molecule has 0 saturated heterocycles. The molecule has 1 aromatic heterocycles. The van der Waals surface area contributed by atoms with Gasteiger partial charge in [-0.2, -0.15) is 0 Å². The van der Waals surface area contributed by atoms with Gasteiger partial charge in [-0.25, -0.2) is 0 Å². The fraction of sp³-hybridized carbons (Fsp3) is 0.278. The van der Waals surface area contributed by atoms with Gasteiger partial charge in [0.05, 0.1) is 0 Å². The van der Waals surface area contributed by atoms with Crippen LogP contribution in [0.3, 0.4) is 0 Å². The predicted octanol–water partition coefficient (Wildman–Crippen LogP) is 3.82. The first kappa shape index (κ1) is 17.3. The Hall–Kier alpha value is -2.01. The van der Waals surface area contributed by atoms with Crippen molar-refractivity contribution < 1.29 is 9.53 Å². The van der Waals surface area contributed by atoms with Crippen molar-refractivity contribution in [3.05, 3.63) is 59.9 Å². The minimum atomic E-state index is -0.696. The second-order valence-electron chi connectivity index (χ2n) is 5.54. The standard InChI is InChI=1S/C18H19BrN2O2/c1-18(2,19)17(22)23-16-8-6-14(7-9-16)13-20-12-10-15-5-3-4-11-21-15/h3-9,11,13H,10,12H2,1-2H3/b20-13-. The minimum Gasteiger partial charge on any atom is -0.426 e. The first-order chi connectivity index (χ1) is 10.9. The number of hydrogen-bond donors (Lipinski definition) is 0. The van der Waals surface area contributed by atoms with Gasteiger partial charge in [0.2, 0.25) is 0 Å². The average Bonchev–Trinajstić information content (AvgIpc) is 2.53. The van der Waals surface area contributed by atoms with Gasteiger partial charge in [-0.3, -0.25) is 14.8 Å². The summed E-state index contributed by atoms with van der Waals surface area (Å²) in [6.07, 6.45) is 4.41. The molecule has 0 spiro atoms. The highest BCUT2D eigenvalue weighted by Crippen LogP contribution is 2.20. The lowest BCUT2D eigenvalue weighted by Crippen LogP contribution is -2.29. The summed E-state index contributed by atoms with van der Waals surface area (Å²) in [5.74, 6) is 0.197. The van der Waals surface area contributed by atoms with Crippen LogP contribution in [0.5, 0.6) is 5.75 Å². The zero-order valence-corrected chi connectivity index (χ0v) is 14.8. The molecule has 1 aromatic carbocycles. The third kappa shape index (κ3) is 5.94. The van der Waals surface area contributed by atoms with E-state index in [-0.39, 0.29) is 5.97 Å². The fourth-order valence-electron chi connectivity index (χ4n) is 1.75. The number of ether oxygens (including phenoxy) is 1. The molecule has 5 heteroatoms. The van der Waals surface area contributed by atoms with E-state index in [2.05, 4.69) is 25.9 Å². The molecule has 0 bridgehead atoms. The van der Waals surface area contributed by atoms with Gasteiger partial charge in [-0.15, -0.1) is 0 Å². The second-order valence-corrected chi connectivity index (χ2v) is 7.52. The molecule has 0 atom stereocenters. The van der Waals surface area contributed by atoms with E-state index in [1.165, 1.54) is 0 Å². The van der Waals surface area contributed by atoms with Gasteiger partial charge in [0, 0.05) is 31.1 Å². The summed E-state index contributed by atoms with van der Waals surface area (Å²) in [6.45, 7) is 4.18. The van der Waals surface area contributed by atoms with Crippen LogP contribution in [-0.4, -0.2) is 28.0 Å². The molecular formula is C18H19BrN2O2. The lowest BCUT2D eigenvalue weighted by Gasteiger charge is -2.14. The molecule has 0 saturated carbocycles. The maximum Gasteiger partial charge on any atom is 0.327 e. The third-order valence-electron chi connectivity index (χ3n) is 3.04. The summed E-state index contributed by atoms with van der Waals surface area (Å²) in [7, 11) is 0. The van der Waals surface area contributed by atoms with Crippen molar-refractivity contribution in [1.82, 2.24) is 4.98 Å². The van der Waals surface area contributed by atoms with Gasteiger partial charge in [0.15, 0.2) is 0 Å². The molecule has 23 heavy (non-hydrogen) atoms. The van der Waals surface area contributed by atoms with Crippen LogP contribution in [0.2, 0.25) is 0 Å². The topological polar surface area (TPSA) is 51.5 Å². The molecule has 120 valence electrons. The smallest absolute Gasteiger partial charge is 0.327 e. The molecular weight excluding hydrogens is 356 g/mol. The number of aliphatic imine (C=N–C) groups is 1. The summed E-state index contributed by atoms with van der Waals surface area (Å²) in [5, 5.41) is 0. The summed E-state index contributed by atoms with van der Waals surface area (Å²) in [5.41, 5.74) is 1.99. The van der Waals surface area contributed by atoms with Crippen LogP contribution in [-0.2, 0) is 11.2 Å². The molecule has 0 amide bonds. The van der Waals surface area contributed by atoms with Crippen LogP contribution in [0.15, 0.2) is 53.7 Å². The number of carbonyl (C=O) groups excluding carboxylic acids is 1. The van der Waals surface area contributed by atoms with Gasteiger partial charge >= 0.3 is 5.97 Å². The number of halogens is 1. The highest BCUT2D eigenvalue weighted by atomic mass is 79.9. The van der Waals surface area contributed by atoms with E-state index in [1.807, 2.05) is 36.5 Å². The van der Waals surface area contributed by atoms with E-state index in [0.717, 1.165) is 17.7 Å². The molecule has 0 fully saturated rings. The number of nitrogens with zero attached hydrogens (tertiary/aromatic N) is 2. The Morgan fingerprint density at radius 1 is 1.26 bits per heavy atom. The number of carbonyl (C=O) groups is 1. The monoisotopic (exact) mass is 374 g/mol. The van der Waals surface area contributed by atoms with Crippen LogP contribution in [0.1, 0.15) is 25.1 Å². The number of rotatable bonds is 6. The van der Waals surface area contributed by atoms with Gasteiger partial charge in [0.25, 0.3) is 0 Å². The Morgan fingerprint density at radius 2 is 2.00 bits per heavy atom. The van der Waals surface area contributed by atoms with Crippen molar-refractivity contribution >= 4 is 28.1 Å². The normalized spacial score (nSPS) is 11.6. The predicted molar refractivity (Wildman–Crippen MR) is 95.5 cm³/mol. The Labute approximate surface area is 144 Å². The van der Waals surface area contributed by atoms with E-state index < -0.39 is 4.32 Å². The zero-order valence-electron chi connectivity index (χ0n) is 13.2. The molecule has 2 rings (SSSR count). The van der Waals surface area contributed by atoms with Gasteiger partial charge in [-0.1, -0.05) is 22.0 Å². The summed E-state index contributed by atoms with van der Waals surface area (Å²) in [6, 6.07) is 13.1. The van der Waals surface area contributed by atoms with Crippen molar-refractivity contribution in [1.29, 1.82) is 0 Å². The van der Waals surface area contributed by atoms with E-state index in [9.17, 15) is 4.79 Å². The molecule has 0 N–H and O–H groups in total. The summed E-state index contributed by atoms with van der Waals surface area (Å²) < 4.78 is 4.58. The number of pyridine rings is 1. The lowest BCUT2D eigenvalue weighted by molar-refractivity contribution is -0.136. The maximum absolute atomic E-state index is 11.8. The number of esters is 1. The zero-order chi connectivity index (χ0) is 16.7. The van der Waals surface area contributed by atoms with Crippen molar-refractivity contribution in [2.45, 2.75) is 24.6 Å². The minimum absolute atomic E-state index is 0.325. The Bertz CT molecular complexity index is 662. The van der Waals surface area contributed by atoms with Gasteiger partial charge < -0.3 is 4.74 Å². The van der Waals surface area contributed by atoms with Crippen LogP contribution >= 0.6 is 15.9 Å². The Balaban J connectivity index is 1.85. The third-order valence-corrected chi connectivity index (χ3v) is 3.36. The molecule has 0 unspecified atom stereocenters. The average molecular weight is 375 g/mol. The first-order valence-corrected chi connectivity index (χ1v) is 8.15. The highest BCUT2D eigenvalue weighted by molar-refractivity contribution is 9.10.